The number of alkyl halides is 10. The van der Waals surface area contributed by atoms with Crippen LogP contribution in [-0.4, -0.2) is 33.4 Å². The summed E-state index contributed by atoms with van der Waals surface area (Å²) in [4.78, 5) is 1.20. The van der Waals surface area contributed by atoms with Crippen LogP contribution in [0, 0.1) is 5.82 Å². The molecule has 0 aliphatic carbocycles. The number of methoxy groups -OCH3 is 1. The molecule has 2 atom stereocenters. The second-order valence-corrected chi connectivity index (χ2v) is 13.6. The molecule has 0 amide bonds. The highest BCUT2D eigenvalue weighted by Gasteiger charge is 2.52. The predicted octanol–water partition coefficient (Wildman–Crippen LogP) is 10.8. The second-order valence-electron chi connectivity index (χ2n) is 12.2. The molecule has 0 radical (unpaired) electrons. The third kappa shape index (κ3) is 8.68. The number of nitrogens with zero attached hydrogens (tertiary/aromatic N) is 1. The van der Waals surface area contributed by atoms with Crippen molar-refractivity contribution in [2.75, 3.05) is 7.11 Å². The summed E-state index contributed by atoms with van der Waals surface area (Å²) in [5.74, 6) is -0.973. The minimum Gasteiger partial charge on any atom is -0.496 e. The molecule has 1 aliphatic heterocycles. The quantitative estimate of drug-likeness (QED) is 0.0902. The van der Waals surface area contributed by atoms with Gasteiger partial charge in [-0.25, -0.2) is 9.29 Å². The van der Waals surface area contributed by atoms with E-state index in [1.807, 2.05) is 6.92 Å². The molecule has 0 bridgehead atoms. The van der Waals surface area contributed by atoms with Gasteiger partial charge in [-0.15, -0.1) is 0 Å². The maximum absolute atomic E-state index is 14.9. The van der Waals surface area contributed by atoms with Crippen LogP contribution in [0.1, 0.15) is 85.9 Å². The van der Waals surface area contributed by atoms with Crippen LogP contribution in [-0.2, 0) is 34.5 Å². The van der Waals surface area contributed by atoms with Gasteiger partial charge in [0.25, 0.3) is 3.92 Å². The molecule has 1 fully saturated rings. The SMILES string of the molecule is CCCC1OC(I)(N(Cc2cc(C(F)(F)F)ccc2-c2cc(C(C)C)c(F)cc2OC)[C@@H](C)[C@H](O)c2cc(C(F)(F)F)cc(C(F)(F)F)c2)O1. The van der Waals surface area contributed by atoms with Gasteiger partial charge in [0.15, 0.2) is 6.29 Å². The first-order valence-electron chi connectivity index (χ1n) is 15.4. The molecular weight excluding hydrogens is 803 g/mol. The van der Waals surface area contributed by atoms with Crippen LogP contribution in [0.15, 0.2) is 48.5 Å². The molecule has 0 aromatic heterocycles. The maximum Gasteiger partial charge on any atom is 0.416 e. The Balaban J connectivity index is 1.91. The molecule has 0 saturated carbocycles. The van der Waals surface area contributed by atoms with Crippen LogP contribution < -0.4 is 4.74 Å². The highest BCUT2D eigenvalue weighted by Crippen LogP contribution is 2.47. The molecule has 16 heteroatoms. The van der Waals surface area contributed by atoms with Gasteiger partial charge in [0.1, 0.15) is 11.6 Å². The first-order valence-corrected chi connectivity index (χ1v) is 16.4. The Morgan fingerprint density at radius 3 is 1.88 bits per heavy atom. The largest absolute Gasteiger partial charge is 0.496 e. The highest BCUT2D eigenvalue weighted by atomic mass is 127. The average molecular weight is 838 g/mol. The molecule has 50 heavy (non-hydrogen) atoms. The Morgan fingerprint density at radius 2 is 1.40 bits per heavy atom. The number of aliphatic hydroxyl groups is 1. The van der Waals surface area contributed by atoms with Gasteiger partial charge in [-0.2, -0.15) is 39.5 Å². The van der Waals surface area contributed by atoms with Crippen molar-refractivity contribution in [1.29, 1.82) is 0 Å². The fraction of sp³-hybridized carbons (Fsp3) is 0.471. The molecule has 1 saturated heterocycles. The van der Waals surface area contributed by atoms with E-state index in [1.54, 1.807) is 36.4 Å². The minimum absolute atomic E-state index is 0.0143. The lowest BCUT2D eigenvalue weighted by Gasteiger charge is -2.52. The van der Waals surface area contributed by atoms with Gasteiger partial charge in [0.2, 0.25) is 0 Å². The van der Waals surface area contributed by atoms with Gasteiger partial charge in [-0.05, 0) is 77.9 Å². The van der Waals surface area contributed by atoms with Crippen LogP contribution in [0.25, 0.3) is 11.1 Å². The van der Waals surface area contributed by atoms with E-state index in [4.69, 9.17) is 14.2 Å². The van der Waals surface area contributed by atoms with Crippen LogP contribution >= 0.6 is 22.6 Å². The molecule has 1 N–H and O–H groups in total. The lowest BCUT2D eigenvalue weighted by Crippen LogP contribution is -2.62. The Morgan fingerprint density at radius 1 is 0.840 bits per heavy atom. The second kappa shape index (κ2) is 14.8. The van der Waals surface area contributed by atoms with E-state index in [2.05, 4.69) is 0 Å². The summed E-state index contributed by atoms with van der Waals surface area (Å²) < 4.78 is 155. The van der Waals surface area contributed by atoms with E-state index in [1.165, 1.54) is 25.0 Å². The van der Waals surface area contributed by atoms with Crippen LogP contribution in [0.4, 0.5) is 43.9 Å². The lowest BCUT2D eigenvalue weighted by atomic mass is 9.91. The van der Waals surface area contributed by atoms with Crippen molar-refractivity contribution >= 4 is 22.6 Å². The topological polar surface area (TPSA) is 51.2 Å². The first-order chi connectivity index (χ1) is 23.0. The molecule has 4 rings (SSSR count). The number of hydrogen-bond acceptors (Lipinski definition) is 5. The number of halogens is 11. The Hall–Kier alpha value is -2.67. The zero-order chi connectivity index (χ0) is 37.6. The van der Waals surface area contributed by atoms with E-state index < -0.39 is 75.5 Å². The number of benzene rings is 3. The normalized spacial score (nSPS) is 19.9. The van der Waals surface area contributed by atoms with Gasteiger partial charge in [0.05, 0.1) is 29.9 Å². The number of rotatable bonds is 11. The summed E-state index contributed by atoms with van der Waals surface area (Å²) >= 11 is 1.67. The summed E-state index contributed by atoms with van der Waals surface area (Å²) in [5, 5.41) is 11.4. The zero-order valence-electron chi connectivity index (χ0n) is 27.3. The third-order valence-electron chi connectivity index (χ3n) is 8.33. The van der Waals surface area contributed by atoms with E-state index >= 15 is 0 Å². The molecule has 276 valence electrons. The van der Waals surface area contributed by atoms with E-state index in [0.29, 0.717) is 25.0 Å². The first kappa shape index (κ1) is 40.1. The van der Waals surface area contributed by atoms with Crippen molar-refractivity contribution in [2.24, 2.45) is 0 Å². The average Bonchev–Trinajstić information content (AvgIpc) is 3.00. The van der Waals surface area contributed by atoms with Crippen molar-refractivity contribution in [3.05, 3.63) is 87.7 Å². The van der Waals surface area contributed by atoms with Gasteiger partial charge in [-0.1, -0.05) is 33.3 Å². The van der Waals surface area contributed by atoms with Gasteiger partial charge >= 0.3 is 18.5 Å². The van der Waals surface area contributed by atoms with Crippen molar-refractivity contribution in [2.45, 2.75) is 93.9 Å². The molecule has 1 aliphatic rings. The molecule has 3 aromatic carbocycles. The summed E-state index contributed by atoms with van der Waals surface area (Å²) in [6.45, 7) is 5.97. The maximum atomic E-state index is 14.9. The Labute approximate surface area is 295 Å². The number of hydrogen-bond donors (Lipinski definition) is 1. The van der Waals surface area contributed by atoms with Crippen molar-refractivity contribution in [1.82, 2.24) is 4.90 Å². The summed E-state index contributed by atoms with van der Waals surface area (Å²) in [7, 11) is 1.25. The Bertz CT molecular complexity index is 1640. The van der Waals surface area contributed by atoms with Crippen LogP contribution in [0.3, 0.4) is 0 Å². The van der Waals surface area contributed by atoms with Crippen LogP contribution in [0.5, 0.6) is 5.75 Å². The minimum atomic E-state index is -5.20. The van der Waals surface area contributed by atoms with Gasteiger partial charge in [-0.3, -0.25) is 9.47 Å². The monoisotopic (exact) mass is 837 g/mol. The van der Waals surface area contributed by atoms with Crippen molar-refractivity contribution in [3.63, 3.8) is 0 Å². The molecular formula is C34H34F10INO4. The van der Waals surface area contributed by atoms with E-state index in [9.17, 15) is 49.0 Å². The smallest absolute Gasteiger partial charge is 0.416 e. The van der Waals surface area contributed by atoms with Crippen molar-refractivity contribution in [3.8, 4) is 16.9 Å². The van der Waals surface area contributed by atoms with Gasteiger partial charge in [0, 0.05) is 46.8 Å². The zero-order valence-corrected chi connectivity index (χ0v) is 29.5. The third-order valence-corrected chi connectivity index (χ3v) is 9.45. The summed E-state index contributed by atoms with van der Waals surface area (Å²) in [6.07, 6.45) is -17.1. The lowest BCUT2D eigenvalue weighted by molar-refractivity contribution is -0.449. The van der Waals surface area contributed by atoms with Crippen LogP contribution in [0.2, 0.25) is 0 Å². The summed E-state index contributed by atoms with van der Waals surface area (Å²) in [6, 6.07) is 4.55. The van der Waals surface area contributed by atoms with Crippen molar-refractivity contribution < 1.29 is 63.2 Å². The molecule has 0 spiro atoms. The van der Waals surface area contributed by atoms with E-state index in [-0.39, 0.29) is 40.0 Å². The fourth-order valence-corrected chi connectivity index (χ4v) is 6.82. The fourth-order valence-electron chi connectivity index (χ4n) is 5.64. The summed E-state index contributed by atoms with van der Waals surface area (Å²) in [5.41, 5.74) is -4.63. The number of ether oxygens (including phenoxy) is 3. The molecule has 5 nitrogen and oxygen atoms in total. The molecule has 1 heterocycles. The molecule has 3 aromatic rings. The predicted molar refractivity (Wildman–Crippen MR) is 172 cm³/mol. The Kier molecular flexibility index (Phi) is 11.8. The number of aliphatic hydroxyl groups excluding tert-OH is 1. The van der Waals surface area contributed by atoms with E-state index in [0.717, 1.165) is 24.3 Å². The van der Waals surface area contributed by atoms with Gasteiger partial charge < -0.3 is 9.84 Å². The standard InChI is InChI=1S/C34H34F10INO4/c1-6-7-29-49-34(45,50-29)46(18(4)30(47)19-10-22(32(39,40)41)13-23(11-19)33(42,43)44)16-20-12-21(31(36,37)38)8-9-24(20)26-14-25(17(2)3)27(35)15-28(26)48-5/h8-15,17-18,29-30,47H,6-7,16H2,1-5H3/t18-,29?,30-,34?/m0/s1. The molecule has 0 unspecified atom stereocenters. The highest BCUT2D eigenvalue weighted by molar-refractivity contribution is 14.1.